The van der Waals surface area contributed by atoms with Crippen LogP contribution in [0.1, 0.15) is 0 Å². The number of ether oxygens (including phenoxy) is 3. The molecule has 5 rings (SSSR count). The third-order valence-electron chi connectivity index (χ3n) is 5.46. The van der Waals surface area contributed by atoms with Crippen LogP contribution in [-0.4, -0.2) is 55.5 Å². The van der Waals surface area contributed by atoms with Gasteiger partial charge in [-0.2, -0.15) is 9.97 Å². The van der Waals surface area contributed by atoms with Crippen LogP contribution in [0, 0.1) is 5.82 Å². The van der Waals surface area contributed by atoms with Gasteiger partial charge in [-0.25, -0.2) is 4.39 Å². The summed E-state index contributed by atoms with van der Waals surface area (Å²) in [4.78, 5) is 15.3. The number of fused-ring (bicyclic) bond motifs is 2. The van der Waals surface area contributed by atoms with Crippen LogP contribution < -0.4 is 14.4 Å². The average Bonchev–Trinajstić information content (AvgIpc) is 2.83. The van der Waals surface area contributed by atoms with Crippen molar-refractivity contribution in [2.75, 3.05) is 45.4 Å². The SMILES string of the molecule is COc1cc(-c2ncc3c(N4CCOCC4)nc(OC)nc3c2F)c2ccccc2c1. The van der Waals surface area contributed by atoms with Gasteiger partial charge in [-0.1, -0.05) is 24.3 Å². The summed E-state index contributed by atoms with van der Waals surface area (Å²) in [6, 6.07) is 11.6. The molecule has 0 N–H and O–H groups in total. The first-order valence-electron chi connectivity index (χ1n) is 9.99. The third kappa shape index (κ3) is 3.38. The van der Waals surface area contributed by atoms with Gasteiger partial charge in [0.05, 0.1) is 32.8 Å². The second-order valence-corrected chi connectivity index (χ2v) is 7.21. The number of aromatic nitrogens is 3. The summed E-state index contributed by atoms with van der Waals surface area (Å²) in [5, 5.41) is 2.35. The summed E-state index contributed by atoms with van der Waals surface area (Å²) in [6.45, 7) is 2.47. The monoisotopic (exact) mass is 420 g/mol. The molecule has 1 fully saturated rings. The van der Waals surface area contributed by atoms with Crippen molar-refractivity contribution in [3.63, 3.8) is 0 Å². The average molecular weight is 420 g/mol. The molecule has 7 nitrogen and oxygen atoms in total. The molecule has 0 radical (unpaired) electrons. The number of pyridine rings is 1. The van der Waals surface area contributed by atoms with Gasteiger partial charge in [0, 0.05) is 24.8 Å². The first-order chi connectivity index (χ1) is 15.2. The first-order valence-corrected chi connectivity index (χ1v) is 9.99. The van der Waals surface area contributed by atoms with Crippen molar-refractivity contribution in [3.8, 4) is 23.0 Å². The van der Waals surface area contributed by atoms with Gasteiger partial charge in [0.1, 0.15) is 22.8 Å². The zero-order valence-corrected chi connectivity index (χ0v) is 17.3. The quantitative estimate of drug-likeness (QED) is 0.497. The summed E-state index contributed by atoms with van der Waals surface area (Å²) in [5.74, 6) is 0.703. The molecule has 2 aromatic heterocycles. The van der Waals surface area contributed by atoms with Crippen LogP contribution in [0.15, 0.2) is 42.6 Å². The molecular formula is C23H21FN4O3. The van der Waals surface area contributed by atoms with Crippen molar-refractivity contribution in [1.82, 2.24) is 15.0 Å². The molecule has 0 amide bonds. The van der Waals surface area contributed by atoms with Crippen LogP contribution in [-0.2, 0) is 4.74 Å². The van der Waals surface area contributed by atoms with Crippen LogP contribution in [0.3, 0.4) is 0 Å². The first kappa shape index (κ1) is 19.4. The van der Waals surface area contributed by atoms with Crippen molar-refractivity contribution >= 4 is 27.5 Å². The topological polar surface area (TPSA) is 69.6 Å². The maximum absolute atomic E-state index is 15.9. The lowest BCUT2D eigenvalue weighted by Gasteiger charge is -2.28. The van der Waals surface area contributed by atoms with E-state index in [0.717, 1.165) is 10.8 Å². The van der Waals surface area contributed by atoms with Crippen molar-refractivity contribution < 1.29 is 18.6 Å². The summed E-state index contributed by atoms with van der Waals surface area (Å²) >= 11 is 0. The largest absolute Gasteiger partial charge is 0.497 e. The van der Waals surface area contributed by atoms with Crippen LogP contribution in [0.25, 0.3) is 32.9 Å². The van der Waals surface area contributed by atoms with Gasteiger partial charge in [0.2, 0.25) is 0 Å². The zero-order valence-electron chi connectivity index (χ0n) is 17.3. The van der Waals surface area contributed by atoms with E-state index in [1.807, 2.05) is 35.2 Å². The van der Waals surface area contributed by atoms with Gasteiger partial charge in [-0.05, 0) is 22.9 Å². The van der Waals surface area contributed by atoms with E-state index in [9.17, 15) is 0 Å². The molecule has 1 aliphatic rings. The fourth-order valence-corrected chi connectivity index (χ4v) is 3.91. The Bertz CT molecular complexity index is 1270. The van der Waals surface area contributed by atoms with Gasteiger partial charge in [0.25, 0.3) is 0 Å². The molecule has 3 heterocycles. The van der Waals surface area contributed by atoms with Crippen LogP contribution in [0.5, 0.6) is 11.8 Å². The Hall–Kier alpha value is -3.52. The number of halogens is 1. The summed E-state index contributed by atoms with van der Waals surface area (Å²) in [6.07, 6.45) is 1.63. The molecular weight excluding hydrogens is 399 g/mol. The molecule has 0 spiro atoms. The van der Waals surface area contributed by atoms with Crippen molar-refractivity contribution in [2.24, 2.45) is 0 Å². The molecule has 0 bridgehead atoms. The van der Waals surface area contributed by atoms with E-state index in [1.165, 1.54) is 7.11 Å². The Kier molecular flexibility index (Phi) is 4.99. The number of nitrogens with zero attached hydrogens (tertiary/aromatic N) is 4. The van der Waals surface area contributed by atoms with E-state index in [1.54, 1.807) is 19.4 Å². The molecule has 8 heteroatoms. The third-order valence-corrected chi connectivity index (χ3v) is 5.46. The summed E-state index contributed by atoms with van der Waals surface area (Å²) in [7, 11) is 3.06. The van der Waals surface area contributed by atoms with Gasteiger partial charge < -0.3 is 19.1 Å². The maximum atomic E-state index is 15.9. The molecule has 1 aliphatic heterocycles. The normalized spacial score (nSPS) is 14.2. The fraction of sp³-hybridized carbons (Fsp3) is 0.261. The fourth-order valence-electron chi connectivity index (χ4n) is 3.91. The van der Waals surface area contributed by atoms with Gasteiger partial charge in [-0.15, -0.1) is 0 Å². The Balaban J connectivity index is 1.75. The summed E-state index contributed by atoms with van der Waals surface area (Å²) < 4.78 is 32.0. The van der Waals surface area contributed by atoms with E-state index in [2.05, 4.69) is 15.0 Å². The van der Waals surface area contributed by atoms with Crippen molar-refractivity contribution in [3.05, 3.63) is 48.4 Å². The summed E-state index contributed by atoms with van der Waals surface area (Å²) in [5.41, 5.74) is 1.02. The molecule has 0 saturated carbocycles. The highest BCUT2D eigenvalue weighted by Crippen LogP contribution is 2.36. The van der Waals surface area contributed by atoms with E-state index in [4.69, 9.17) is 14.2 Å². The highest BCUT2D eigenvalue weighted by molar-refractivity contribution is 5.99. The number of hydrogen-bond acceptors (Lipinski definition) is 7. The standard InChI is InChI=1S/C23H21FN4O3/c1-29-15-11-14-5-3-4-6-16(14)17(12-15)20-19(24)21-18(13-25-20)22(27-23(26-21)30-2)28-7-9-31-10-8-28/h3-6,11-13H,7-10H2,1-2H3. The number of benzene rings is 2. The molecule has 31 heavy (non-hydrogen) atoms. The number of anilines is 1. The van der Waals surface area contributed by atoms with Crippen molar-refractivity contribution in [1.29, 1.82) is 0 Å². The minimum atomic E-state index is -0.522. The molecule has 2 aromatic carbocycles. The van der Waals surface area contributed by atoms with Gasteiger partial charge in [0.15, 0.2) is 5.82 Å². The molecule has 0 unspecified atom stereocenters. The Morgan fingerprint density at radius 3 is 2.58 bits per heavy atom. The lowest BCUT2D eigenvalue weighted by atomic mass is 10.00. The van der Waals surface area contributed by atoms with E-state index >= 15 is 4.39 Å². The number of hydrogen-bond donors (Lipinski definition) is 0. The molecule has 1 saturated heterocycles. The minimum Gasteiger partial charge on any atom is -0.497 e. The second-order valence-electron chi connectivity index (χ2n) is 7.21. The molecule has 4 aromatic rings. The maximum Gasteiger partial charge on any atom is 0.318 e. The molecule has 0 aliphatic carbocycles. The zero-order chi connectivity index (χ0) is 21.4. The highest BCUT2D eigenvalue weighted by atomic mass is 19.1. The Labute approximate surface area is 178 Å². The smallest absolute Gasteiger partial charge is 0.318 e. The lowest BCUT2D eigenvalue weighted by Crippen LogP contribution is -2.37. The van der Waals surface area contributed by atoms with Gasteiger partial charge in [-0.3, -0.25) is 4.98 Å². The molecule has 158 valence electrons. The predicted molar refractivity (Wildman–Crippen MR) is 116 cm³/mol. The second kappa shape index (κ2) is 7.96. The van der Waals surface area contributed by atoms with Crippen LogP contribution in [0.4, 0.5) is 10.2 Å². The predicted octanol–water partition coefficient (Wildman–Crippen LogP) is 3.84. The van der Waals surface area contributed by atoms with E-state index in [0.29, 0.717) is 48.8 Å². The number of methoxy groups -OCH3 is 2. The van der Waals surface area contributed by atoms with Crippen LogP contribution >= 0.6 is 0 Å². The highest BCUT2D eigenvalue weighted by Gasteiger charge is 2.23. The lowest BCUT2D eigenvalue weighted by molar-refractivity contribution is 0.122. The van der Waals surface area contributed by atoms with Crippen molar-refractivity contribution in [2.45, 2.75) is 0 Å². The Morgan fingerprint density at radius 2 is 1.81 bits per heavy atom. The van der Waals surface area contributed by atoms with Crippen LogP contribution in [0.2, 0.25) is 0 Å². The number of morpholine rings is 1. The molecule has 0 atom stereocenters. The Morgan fingerprint density at radius 1 is 1.00 bits per heavy atom. The van der Waals surface area contributed by atoms with Gasteiger partial charge >= 0.3 is 6.01 Å². The van der Waals surface area contributed by atoms with E-state index in [-0.39, 0.29) is 17.2 Å². The number of rotatable bonds is 4. The van der Waals surface area contributed by atoms with E-state index < -0.39 is 5.82 Å². The minimum absolute atomic E-state index is 0.112.